The first-order valence-corrected chi connectivity index (χ1v) is 10.2. The Morgan fingerprint density at radius 1 is 1.12 bits per heavy atom. The average Bonchev–Trinajstić information content (AvgIpc) is 3.33. The Balaban J connectivity index is 1.56. The first kappa shape index (κ1) is 16.5. The molecule has 0 radical (unpaired) electrons. The lowest BCUT2D eigenvalue weighted by atomic mass is 9.64. The third kappa shape index (κ3) is 2.08. The zero-order chi connectivity index (χ0) is 17.3. The van der Waals surface area contributed by atoms with Crippen molar-refractivity contribution in [1.29, 1.82) is 0 Å². The van der Waals surface area contributed by atoms with Gasteiger partial charge in [0.15, 0.2) is 11.4 Å². The van der Waals surface area contributed by atoms with Gasteiger partial charge < -0.3 is 9.47 Å². The molecule has 0 aromatic rings. The van der Waals surface area contributed by atoms with Crippen LogP contribution in [0.4, 0.5) is 0 Å². The highest BCUT2D eigenvalue weighted by atomic mass is 79.9. The van der Waals surface area contributed by atoms with Crippen LogP contribution in [0, 0.1) is 11.3 Å². The summed E-state index contributed by atoms with van der Waals surface area (Å²) in [6, 6.07) is 0. The van der Waals surface area contributed by atoms with Crippen LogP contribution in [0.15, 0.2) is 31.7 Å². The van der Waals surface area contributed by atoms with Crippen molar-refractivity contribution in [3.05, 3.63) is 21.7 Å². The molecule has 6 heteroatoms. The summed E-state index contributed by atoms with van der Waals surface area (Å²) in [4.78, 5) is 10.9. The largest absolute Gasteiger partial charge is 0.348 e. The third-order valence-corrected chi connectivity index (χ3v) is 8.23. The monoisotopic (exact) mass is 420 g/mol. The number of halogens is 1. The number of thiocarbonyl (C=S) groups is 1. The molecule has 132 valence electrons. The number of ether oxygens (including phenoxy) is 2. The van der Waals surface area contributed by atoms with Crippen LogP contribution in [0.2, 0.25) is 0 Å². The van der Waals surface area contributed by atoms with Gasteiger partial charge >= 0.3 is 0 Å². The van der Waals surface area contributed by atoms with Gasteiger partial charge in [0.05, 0.1) is 13.2 Å². The van der Waals surface area contributed by atoms with Crippen molar-refractivity contribution >= 4 is 45.4 Å². The molecule has 0 N–H and O–H groups in total. The van der Waals surface area contributed by atoms with Crippen molar-refractivity contribution in [3.8, 4) is 0 Å². The fraction of sp³-hybridized carbons (Fsp3) is 0.632. The molecule has 2 heterocycles. The third-order valence-electron chi connectivity index (χ3n) is 6.71. The lowest BCUT2D eigenvalue weighted by Gasteiger charge is -2.47. The maximum Gasteiger partial charge on any atom is 0.181 e. The molecule has 4 nitrogen and oxygen atoms in total. The van der Waals surface area contributed by atoms with Crippen molar-refractivity contribution in [2.24, 2.45) is 21.3 Å². The Kier molecular flexibility index (Phi) is 3.57. The minimum Gasteiger partial charge on any atom is -0.348 e. The Morgan fingerprint density at radius 3 is 2.40 bits per heavy atom. The van der Waals surface area contributed by atoms with Gasteiger partial charge in [0, 0.05) is 51.5 Å². The van der Waals surface area contributed by atoms with Gasteiger partial charge in [0.1, 0.15) is 0 Å². The van der Waals surface area contributed by atoms with E-state index in [0.717, 1.165) is 41.5 Å². The van der Waals surface area contributed by atoms with E-state index >= 15 is 0 Å². The van der Waals surface area contributed by atoms with Gasteiger partial charge in [0.2, 0.25) is 0 Å². The van der Waals surface area contributed by atoms with E-state index in [1.807, 2.05) is 12.4 Å². The summed E-state index contributed by atoms with van der Waals surface area (Å²) in [6.45, 7) is 3.59. The molecule has 0 aromatic carbocycles. The van der Waals surface area contributed by atoms with E-state index in [9.17, 15) is 0 Å². The zero-order valence-corrected chi connectivity index (χ0v) is 16.7. The molecule has 3 aliphatic carbocycles. The van der Waals surface area contributed by atoms with Crippen LogP contribution in [-0.4, -0.2) is 42.0 Å². The normalized spacial score (nSPS) is 33.8. The molecule has 2 fully saturated rings. The fourth-order valence-electron chi connectivity index (χ4n) is 5.26. The summed E-state index contributed by atoms with van der Waals surface area (Å²) in [7, 11) is 0. The summed E-state index contributed by atoms with van der Waals surface area (Å²) in [5.41, 5.74) is 1.98. The van der Waals surface area contributed by atoms with Gasteiger partial charge in [-0.2, -0.15) is 0 Å². The molecule has 3 spiro atoms. The van der Waals surface area contributed by atoms with Gasteiger partial charge in [-0.15, -0.1) is 0 Å². The quantitative estimate of drug-likeness (QED) is 0.553. The highest BCUT2D eigenvalue weighted by Gasteiger charge is 2.63. The van der Waals surface area contributed by atoms with E-state index in [4.69, 9.17) is 31.7 Å². The molecule has 1 unspecified atom stereocenters. The van der Waals surface area contributed by atoms with Crippen LogP contribution in [0.3, 0.4) is 0 Å². The van der Waals surface area contributed by atoms with Gasteiger partial charge in [-0.3, -0.25) is 9.98 Å². The van der Waals surface area contributed by atoms with Crippen molar-refractivity contribution in [3.63, 3.8) is 0 Å². The number of aliphatic imine (C=N–C) groups is 2. The topological polar surface area (TPSA) is 43.2 Å². The van der Waals surface area contributed by atoms with Crippen LogP contribution in [-0.2, 0) is 9.47 Å². The minimum absolute atomic E-state index is 0.0143. The Bertz CT molecular complexity index is 754. The first-order valence-electron chi connectivity index (χ1n) is 9.03. The van der Waals surface area contributed by atoms with Crippen LogP contribution >= 0.6 is 28.1 Å². The van der Waals surface area contributed by atoms with Gasteiger partial charge in [0.25, 0.3) is 0 Å². The SMILES string of the molecule is CC1C(=S)C2=C(C=C1Br)C1(N=CC=N1)C1(CCC3(CC1)OCCO3)C2. The summed E-state index contributed by atoms with van der Waals surface area (Å²) in [5, 5.41) is 0. The maximum absolute atomic E-state index is 5.95. The summed E-state index contributed by atoms with van der Waals surface area (Å²) in [5.74, 6) is -0.113. The molecule has 5 aliphatic rings. The number of allylic oxidation sites excluding steroid dienone is 2. The summed E-state index contributed by atoms with van der Waals surface area (Å²) >= 11 is 9.55. The molecule has 0 aromatic heterocycles. The Hall–Kier alpha value is -0.690. The van der Waals surface area contributed by atoms with Crippen LogP contribution < -0.4 is 0 Å². The second kappa shape index (κ2) is 5.41. The predicted molar refractivity (Wildman–Crippen MR) is 106 cm³/mol. The van der Waals surface area contributed by atoms with Crippen LogP contribution in [0.25, 0.3) is 0 Å². The second-order valence-corrected chi connectivity index (χ2v) is 9.16. The molecular weight excluding hydrogens is 400 g/mol. The average molecular weight is 421 g/mol. The number of rotatable bonds is 0. The molecule has 25 heavy (non-hydrogen) atoms. The number of fused-ring (bicyclic) bond motifs is 2. The summed E-state index contributed by atoms with van der Waals surface area (Å²) < 4.78 is 13.0. The maximum atomic E-state index is 5.95. The minimum atomic E-state index is -0.508. The van der Waals surface area contributed by atoms with E-state index in [-0.39, 0.29) is 17.1 Å². The molecule has 5 rings (SSSR count). The molecule has 1 saturated carbocycles. The van der Waals surface area contributed by atoms with Crippen LogP contribution in [0.5, 0.6) is 0 Å². The van der Waals surface area contributed by atoms with E-state index in [1.54, 1.807) is 0 Å². The van der Waals surface area contributed by atoms with E-state index in [2.05, 4.69) is 28.9 Å². The van der Waals surface area contributed by atoms with Crippen molar-refractivity contribution in [2.75, 3.05) is 13.2 Å². The number of nitrogens with zero attached hydrogens (tertiary/aromatic N) is 2. The Morgan fingerprint density at radius 2 is 1.76 bits per heavy atom. The molecule has 1 saturated heterocycles. The van der Waals surface area contributed by atoms with Crippen LogP contribution in [0.1, 0.15) is 39.0 Å². The Labute approximate surface area is 161 Å². The smallest absolute Gasteiger partial charge is 0.181 e. The van der Waals surface area contributed by atoms with E-state index in [1.165, 1.54) is 11.1 Å². The zero-order valence-electron chi connectivity index (χ0n) is 14.3. The highest BCUT2D eigenvalue weighted by Crippen LogP contribution is 2.64. The van der Waals surface area contributed by atoms with E-state index < -0.39 is 5.66 Å². The fourth-order valence-corrected chi connectivity index (χ4v) is 6.18. The van der Waals surface area contributed by atoms with Gasteiger partial charge in [-0.1, -0.05) is 35.1 Å². The number of hydrogen-bond acceptors (Lipinski definition) is 5. The summed E-state index contributed by atoms with van der Waals surface area (Å²) in [6.07, 6.45) is 10.7. The van der Waals surface area contributed by atoms with Gasteiger partial charge in [-0.05, 0) is 30.9 Å². The number of hydrogen-bond donors (Lipinski definition) is 0. The highest BCUT2D eigenvalue weighted by molar-refractivity contribution is 9.11. The van der Waals surface area contributed by atoms with Gasteiger partial charge in [-0.25, -0.2) is 0 Å². The molecule has 1 atom stereocenters. The van der Waals surface area contributed by atoms with Crippen molar-refractivity contribution in [1.82, 2.24) is 0 Å². The lowest BCUT2D eigenvalue weighted by Crippen LogP contribution is -2.49. The van der Waals surface area contributed by atoms with Crippen molar-refractivity contribution < 1.29 is 9.47 Å². The predicted octanol–water partition coefficient (Wildman–Crippen LogP) is 4.14. The van der Waals surface area contributed by atoms with E-state index in [0.29, 0.717) is 13.2 Å². The molecular formula is C19H21BrN2O2S. The standard InChI is InChI=1S/C19H21BrN2O2S/c1-12-15(20)10-14-13(16(12)25)11-17(19(14)21-6-7-22-19)2-4-18(5-3-17)23-8-9-24-18/h6-7,10,12H,2-5,8-9,11H2,1H3. The molecule has 0 bridgehead atoms. The first-order chi connectivity index (χ1) is 12.0. The molecule has 2 aliphatic heterocycles. The van der Waals surface area contributed by atoms with Crippen molar-refractivity contribution in [2.45, 2.75) is 50.5 Å². The lowest BCUT2D eigenvalue weighted by molar-refractivity contribution is -0.194. The molecule has 0 amide bonds. The second-order valence-electron chi connectivity index (χ2n) is 7.80.